The van der Waals surface area contributed by atoms with Crippen LogP contribution in [0.1, 0.15) is 24.8 Å². The van der Waals surface area contributed by atoms with Gasteiger partial charge in [0, 0.05) is 19.6 Å². The van der Waals surface area contributed by atoms with Gasteiger partial charge in [0.1, 0.15) is 5.70 Å². The Hall–Kier alpha value is -3.05. The number of carbonyl (C=O) groups excluding carboxylic acids is 2. The lowest BCUT2D eigenvalue weighted by molar-refractivity contribution is -0.136. The molecule has 0 bridgehead atoms. The zero-order chi connectivity index (χ0) is 20.1. The van der Waals surface area contributed by atoms with Crippen molar-refractivity contribution in [1.29, 1.82) is 5.26 Å². The van der Waals surface area contributed by atoms with Crippen LogP contribution in [0.4, 0.5) is 11.4 Å². The van der Waals surface area contributed by atoms with E-state index in [0.717, 1.165) is 31.6 Å². The van der Waals surface area contributed by atoms with Crippen molar-refractivity contribution in [2.75, 3.05) is 50.1 Å². The van der Waals surface area contributed by atoms with Crippen LogP contribution in [0.15, 0.2) is 29.5 Å². The second kappa shape index (κ2) is 8.76. The number of esters is 1. The number of β-amino-alcohol motifs (C(OH)–C–C–N with tert-alkyl or cyclic N) is 1. The lowest BCUT2D eigenvalue weighted by atomic mass is 10.1. The largest absolute Gasteiger partial charge is 0.466 e. The highest BCUT2D eigenvalue weighted by Crippen LogP contribution is 2.32. The highest BCUT2D eigenvalue weighted by molar-refractivity contribution is 6.09. The van der Waals surface area contributed by atoms with Gasteiger partial charge in [-0.1, -0.05) is 0 Å². The van der Waals surface area contributed by atoms with E-state index in [1.807, 2.05) is 6.07 Å². The van der Waals surface area contributed by atoms with Crippen molar-refractivity contribution in [1.82, 2.24) is 4.90 Å². The lowest BCUT2D eigenvalue weighted by Gasteiger charge is -2.31. The molecule has 2 heterocycles. The van der Waals surface area contributed by atoms with Crippen molar-refractivity contribution in [3.05, 3.63) is 35.0 Å². The highest BCUT2D eigenvalue weighted by atomic mass is 16.5. The van der Waals surface area contributed by atoms with E-state index in [0.29, 0.717) is 11.3 Å². The van der Waals surface area contributed by atoms with E-state index < -0.39 is 5.97 Å². The second-order valence-corrected chi connectivity index (χ2v) is 6.81. The van der Waals surface area contributed by atoms with E-state index in [9.17, 15) is 20.0 Å². The van der Waals surface area contributed by atoms with Crippen LogP contribution >= 0.6 is 0 Å². The molecule has 8 nitrogen and oxygen atoms in total. The molecule has 0 spiro atoms. The zero-order valence-electron chi connectivity index (χ0n) is 15.9. The molecule has 0 radical (unpaired) electrons. The first-order valence-electron chi connectivity index (χ1n) is 9.36. The number of benzene rings is 1. The Labute approximate surface area is 164 Å². The van der Waals surface area contributed by atoms with E-state index >= 15 is 0 Å². The Balaban J connectivity index is 1.98. The van der Waals surface area contributed by atoms with Crippen LogP contribution in [0.3, 0.4) is 0 Å². The molecule has 1 saturated heterocycles. The number of amides is 1. The summed E-state index contributed by atoms with van der Waals surface area (Å²) in [6.45, 7) is 1.80. The Morgan fingerprint density at radius 1 is 1.32 bits per heavy atom. The average Bonchev–Trinajstić information content (AvgIpc) is 3.04. The van der Waals surface area contributed by atoms with Gasteiger partial charge in [-0.25, -0.2) is 4.79 Å². The SMILES string of the molecule is COC(=O)C1=C(Nc2cc(C#N)ccc2N2CCCCC2)C(=O)N(CCO)C1. The number of carbonyl (C=O) groups is 2. The van der Waals surface area contributed by atoms with Crippen LogP contribution in [-0.4, -0.2) is 61.8 Å². The van der Waals surface area contributed by atoms with Crippen LogP contribution in [0.5, 0.6) is 0 Å². The summed E-state index contributed by atoms with van der Waals surface area (Å²) in [5, 5.41) is 21.6. The zero-order valence-corrected chi connectivity index (χ0v) is 15.9. The molecule has 8 heteroatoms. The van der Waals surface area contributed by atoms with E-state index in [4.69, 9.17) is 4.74 Å². The molecule has 0 aliphatic carbocycles. The summed E-state index contributed by atoms with van der Waals surface area (Å²) in [7, 11) is 1.27. The molecule has 1 amide bonds. The van der Waals surface area contributed by atoms with Crippen molar-refractivity contribution in [3.8, 4) is 6.07 Å². The Kier molecular flexibility index (Phi) is 6.16. The van der Waals surface area contributed by atoms with Gasteiger partial charge in [-0.3, -0.25) is 4.79 Å². The molecule has 0 unspecified atom stereocenters. The molecular weight excluding hydrogens is 360 g/mol. The number of methoxy groups -OCH3 is 1. The van der Waals surface area contributed by atoms with Crippen LogP contribution in [0, 0.1) is 11.3 Å². The van der Waals surface area contributed by atoms with Crippen molar-refractivity contribution >= 4 is 23.3 Å². The minimum atomic E-state index is -0.591. The number of nitrogens with one attached hydrogen (secondary N) is 1. The summed E-state index contributed by atoms with van der Waals surface area (Å²) < 4.78 is 4.83. The van der Waals surface area contributed by atoms with E-state index in [1.54, 1.807) is 12.1 Å². The van der Waals surface area contributed by atoms with Gasteiger partial charge < -0.3 is 25.0 Å². The molecule has 0 saturated carbocycles. The monoisotopic (exact) mass is 384 g/mol. The normalized spacial score (nSPS) is 17.0. The van der Waals surface area contributed by atoms with Gasteiger partial charge in [-0.15, -0.1) is 0 Å². The van der Waals surface area contributed by atoms with E-state index in [1.165, 1.54) is 18.4 Å². The summed E-state index contributed by atoms with van der Waals surface area (Å²) in [6.07, 6.45) is 3.35. The predicted molar refractivity (Wildman–Crippen MR) is 104 cm³/mol. The lowest BCUT2D eigenvalue weighted by Crippen LogP contribution is -2.32. The third-order valence-corrected chi connectivity index (χ3v) is 5.04. The van der Waals surface area contributed by atoms with Crippen LogP contribution < -0.4 is 10.2 Å². The molecule has 1 aromatic rings. The smallest absolute Gasteiger partial charge is 0.337 e. The van der Waals surface area contributed by atoms with Gasteiger partial charge in [0.2, 0.25) is 0 Å². The minimum absolute atomic E-state index is 0.0748. The number of rotatable bonds is 6. The van der Waals surface area contributed by atoms with Gasteiger partial charge in [-0.2, -0.15) is 5.26 Å². The molecule has 0 atom stereocenters. The van der Waals surface area contributed by atoms with Crippen LogP contribution in [0.25, 0.3) is 0 Å². The number of nitrogens with zero attached hydrogens (tertiary/aromatic N) is 3. The maximum Gasteiger partial charge on any atom is 0.337 e. The third-order valence-electron chi connectivity index (χ3n) is 5.04. The first-order valence-corrected chi connectivity index (χ1v) is 9.36. The highest BCUT2D eigenvalue weighted by Gasteiger charge is 2.35. The molecule has 1 aromatic carbocycles. The standard InChI is InChI=1S/C20H24N4O4/c1-28-20(27)15-13-24(9-10-25)19(26)18(15)22-16-11-14(12-21)5-6-17(16)23-7-3-2-4-8-23/h5-6,11,22,25H,2-4,7-10,13H2,1H3. The van der Waals surface area contributed by atoms with Crippen molar-refractivity contribution in [2.24, 2.45) is 0 Å². The quantitative estimate of drug-likeness (QED) is 0.711. The number of nitriles is 1. The molecule has 1 fully saturated rings. The Morgan fingerprint density at radius 3 is 2.71 bits per heavy atom. The van der Waals surface area contributed by atoms with Gasteiger partial charge in [0.15, 0.2) is 0 Å². The van der Waals surface area contributed by atoms with Gasteiger partial charge >= 0.3 is 5.97 Å². The average molecular weight is 384 g/mol. The number of anilines is 2. The van der Waals surface area contributed by atoms with Crippen LogP contribution in [0.2, 0.25) is 0 Å². The van der Waals surface area contributed by atoms with E-state index in [-0.39, 0.29) is 36.9 Å². The molecule has 2 aliphatic rings. The first-order chi connectivity index (χ1) is 13.6. The molecule has 28 heavy (non-hydrogen) atoms. The number of ether oxygens (including phenoxy) is 1. The van der Waals surface area contributed by atoms with Crippen LogP contribution in [-0.2, 0) is 14.3 Å². The molecule has 2 N–H and O–H groups in total. The topological polar surface area (TPSA) is 106 Å². The fourth-order valence-electron chi connectivity index (χ4n) is 3.60. The number of hydrogen-bond acceptors (Lipinski definition) is 7. The Morgan fingerprint density at radius 2 is 2.07 bits per heavy atom. The van der Waals surface area contributed by atoms with Crippen molar-refractivity contribution < 1.29 is 19.4 Å². The molecular formula is C20H24N4O4. The fourth-order valence-corrected chi connectivity index (χ4v) is 3.60. The number of hydrogen-bond donors (Lipinski definition) is 2. The van der Waals surface area contributed by atoms with Crippen molar-refractivity contribution in [3.63, 3.8) is 0 Å². The predicted octanol–water partition coefficient (Wildman–Crippen LogP) is 1.22. The Bertz CT molecular complexity index is 837. The molecule has 148 valence electrons. The van der Waals surface area contributed by atoms with Crippen molar-refractivity contribution in [2.45, 2.75) is 19.3 Å². The number of aliphatic hydroxyl groups excluding tert-OH is 1. The van der Waals surface area contributed by atoms with Gasteiger partial charge in [-0.05, 0) is 37.5 Å². The maximum absolute atomic E-state index is 12.8. The summed E-state index contributed by atoms with van der Waals surface area (Å²) in [5.74, 6) is -0.964. The van der Waals surface area contributed by atoms with E-state index in [2.05, 4.69) is 16.3 Å². The maximum atomic E-state index is 12.8. The summed E-state index contributed by atoms with van der Waals surface area (Å²) in [4.78, 5) is 28.6. The summed E-state index contributed by atoms with van der Waals surface area (Å²) in [5.41, 5.74) is 2.31. The molecule has 0 aromatic heterocycles. The summed E-state index contributed by atoms with van der Waals surface area (Å²) >= 11 is 0. The first kappa shape index (κ1) is 19.7. The molecule has 2 aliphatic heterocycles. The van der Waals surface area contributed by atoms with Gasteiger partial charge in [0.05, 0.1) is 48.8 Å². The summed E-state index contributed by atoms with van der Waals surface area (Å²) in [6, 6.07) is 7.42. The number of aliphatic hydroxyl groups is 1. The minimum Gasteiger partial charge on any atom is -0.466 e. The fraction of sp³-hybridized carbons (Fsp3) is 0.450. The third kappa shape index (κ3) is 3.94. The number of piperidine rings is 1. The molecule has 3 rings (SSSR count). The van der Waals surface area contributed by atoms with Gasteiger partial charge in [0.25, 0.3) is 5.91 Å². The second-order valence-electron chi connectivity index (χ2n) is 6.81.